The molecule has 1 aromatic carbocycles. The summed E-state index contributed by atoms with van der Waals surface area (Å²) in [6.07, 6.45) is 2.22. The van der Waals surface area contributed by atoms with E-state index in [1.165, 1.54) is 12.1 Å². The maximum atomic E-state index is 13.1. The number of rotatable bonds is 7. The van der Waals surface area contributed by atoms with Crippen molar-refractivity contribution in [3.05, 3.63) is 35.6 Å². The smallest absolute Gasteiger partial charge is 0.191 e. The van der Waals surface area contributed by atoms with Gasteiger partial charge in [-0.2, -0.15) is 0 Å². The van der Waals surface area contributed by atoms with Gasteiger partial charge in [0.2, 0.25) is 0 Å². The molecule has 1 fully saturated rings. The Balaban J connectivity index is 0.00000420. The van der Waals surface area contributed by atoms with E-state index in [0.29, 0.717) is 12.6 Å². The van der Waals surface area contributed by atoms with E-state index in [4.69, 9.17) is 9.73 Å². The van der Waals surface area contributed by atoms with E-state index >= 15 is 0 Å². The summed E-state index contributed by atoms with van der Waals surface area (Å²) in [5.74, 6) is 0.690. The quantitative estimate of drug-likeness (QED) is 0.324. The fourth-order valence-corrected chi connectivity index (χ4v) is 3.47. The highest BCUT2D eigenvalue weighted by Crippen LogP contribution is 2.22. The van der Waals surface area contributed by atoms with Crippen molar-refractivity contribution in [1.82, 2.24) is 15.5 Å². The van der Waals surface area contributed by atoms with Gasteiger partial charge < -0.3 is 15.4 Å². The van der Waals surface area contributed by atoms with Gasteiger partial charge in [0.25, 0.3) is 0 Å². The molecule has 1 unspecified atom stereocenters. The zero-order chi connectivity index (χ0) is 20.6. The zero-order valence-corrected chi connectivity index (χ0v) is 20.8. The fourth-order valence-electron chi connectivity index (χ4n) is 3.47. The standard InChI is InChI=1S/C22H37FN4O.HI/c1-6-24-21(25-15-20(28-5)22(2,3)4)26-19-11-13-27(14-12-19)16-17-7-9-18(23)10-8-17;/h7-10,19-20H,6,11-16H2,1-5H3,(H2,24,25,26);1H. The molecule has 2 N–H and O–H groups in total. The van der Waals surface area contributed by atoms with Crippen LogP contribution in [0.4, 0.5) is 4.39 Å². The molecule has 1 heterocycles. The van der Waals surface area contributed by atoms with Crippen LogP contribution in [0.2, 0.25) is 0 Å². The number of ether oxygens (including phenoxy) is 1. The van der Waals surface area contributed by atoms with Crippen LogP contribution in [0.1, 0.15) is 46.1 Å². The molecule has 7 heteroatoms. The van der Waals surface area contributed by atoms with Gasteiger partial charge in [0.15, 0.2) is 5.96 Å². The molecule has 1 saturated heterocycles. The van der Waals surface area contributed by atoms with Crippen LogP contribution in [0.15, 0.2) is 29.3 Å². The summed E-state index contributed by atoms with van der Waals surface area (Å²) < 4.78 is 18.7. The maximum Gasteiger partial charge on any atom is 0.191 e. The summed E-state index contributed by atoms with van der Waals surface area (Å²) >= 11 is 0. The monoisotopic (exact) mass is 520 g/mol. The molecule has 29 heavy (non-hydrogen) atoms. The number of benzene rings is 1. The summed E-state index contributed by atoms with van der Waals surface area (Å²) in [5.41, 5.74) is 1.22. The van der Waals surface area contributed by atoms with Gasteiger partial charge in [-0.15, -0.1) is 24.0 Å². The number of halogens is 2. The lowest BCUT2D eigenvalue weighted by Gasteiger charge is -2.33. The van der Waals surface area contributed by atoms with Crippen LogP contribution >= 0.6 is 24.0 Å². The van der Waals surface area contributed by atoms with Crippen LogP contribution in [0.25, 0.3) is 0 Å². The normalized spacial score (nSPS) is 17.5. The predicted molar refractivity (Wildman–Crippen MR) is 129 cm³/mol. The Morgan fingerprint density at radius 1 is 1.24 bits per heavy atom. The number of hydrogen-bond acceptors (Lipinski definition) is 3. The fraction of sp³-hybridized carbons (Fsp3) is 0.682. The van der Waals surface area contributed by atoms with Crippen LogP contribution in [-0.4, -0.2) is 56.3 Å². The van der Waals surface area contributed by atoms with E-state index in [1.54, 1.807) is 7.11 Å². The van der Waals surface area contributed by atoms with Crippen molar-refractivity contribution >= 4 is 29.9 Å². The van der Waals surface area contributed by atoms with Gasteiger partial charge in [-0.05, 0) is 42.9 Å². The third-order valence-electron chi connectivity index (χ3n) is 5.26. The first-order chi connectivity index (χ1) is 13.3. The molecule has 0 saturated carbocycles. The second kappa shape index (κ2) is 12.7. The van der Waals surface area contributed by atoms with Gasteiger partial charge in [-0.25, -0.2) is 4.39 Å². The lowest BCUT2D eigenvalue weighted by atomic mass is 9.89. The molecule has 1 aliphatic heterocycles. The Hall–Kier alpha value is -0.930. The van der Waals surface area contributed by atoms with Crippen molar-refractivity contribution < 1.29 is 9.13 Å². The second-order valence-electron chi connectivity index (χ2n) is 8.63. The van der Waals surface area contributed by atoms with E-state index < -0.39 is 0 Å². The minimum atomic E-state index is -0.177. The van der Waals surface area contributed by atoms with Crippen LogP contribution in [0.3, 0.4) is 0 Å². The van der Waals surface area contributed by atoms with Crippen molar-refractivity contribution in [3.8, 4) is 0 Å². The number of guanidine groups is 1. The molecule has 0 aliphatic carbocycles. The van der Waals surface area contributed by atoms with Gasteiger partial charge in [-0.3, -0.25) is 9.89 Å². The minimum absolute atomic E-state index is 0. The topological polar surface area (TPSA) is 48.9 Å². The lowest BCUT2D eigenvalue weighted by Crippen LogP contribution is -2.49. The molecular weight excluding hydrogens is 482 g/mol. The first-order valence-electron chi connectivity index (χ1n) is 10.4. The molecule has 0 bridgehead atoms. The molecule has 0 amide bonds. The number of likely N-dealkylation sites (tertiary alicyclic amines) is 1. The Kier molecular flexibility index (Phi) is 11.4. The van der Waals surface area contributed by atoms with Crippen molar-refractivity contribution in [2.75, 3.05) is 33.3 Å². The first kappa shape index (κ1) is 26.1. The van der Waals surface area contributed by atoms with Gasteiger partial charge in [0.05, 0.1) is 12.6 Å². The van der Waals surface area contributed by atoms with Gasteiger partial charge in [0, 0.05) is 39.3 Å². The summed E-state index contributed by atoms with van der Waals surface area (Å²) in [7, 11) is 1.75. The summed E-state index contributed by atoms with van der Waals surface area (Å²) in [5, 5.41) is 6.94. The summed E-state index contributed by atoms with van der Waals surface area (Å²) in [6.45, 7) is 13.0. The van der Waals surface area contributed by atoms with Crippen molar-refractivity contribution in [2.45, 2.75) is 59.2 Å². The third kappa shape index (κ3) is 9.17. The molecular formula is C22H38FIN4O. The minimum Gasteiger partial charge on any atom is -0.379 e. The Labute approximate surface area is 192 Å². The second-order valence-corrected chi connectivity index (χ2v) is 8.63. The highest BCUT2D eigenvalue weighted by Gasteiger charge is 2.25. The number of nitrogens with zero attached hydrogens (tertiary/aromatic N) is 2. The highest BCUT2D eigenvalue weighted by atomic mass is 127. The summed E-state index contributed by atoms with van der Waals surface area (Å²) in [4.78, 5) is 7.19. The van der Waals surface area contributed by atoms with E-state index in [2.05, 4.69) is 43.2 Å². The Bertz CT molecular complexity index is 610. The van der Waals surface area contributed by atoms with Crippen LogP contribution in [0.5, 0.6) is 0 Å². The highest BCUT2D eigenvalue weighted by molar-refractivity contribution is 14.0. The molecule has 0 radical (unpaired) electrons. The largest absolute Gasteiger partial charge is 0.379 e. The Morgan fingerprint density at radius 3 is 2.38 bits per heavy atom. The van der Waals surface area contributed by atoms with Crippen molar-refractivity contribution in [1.29, 1.82) is 0 Å². The van der Waals surface area contributed by atoms with Crippen LogP contribution in [0, 0.1) is 11.2 Å². The number of methoxy groups -OCH3 is 1. The molecule has 0 aromatic heterocycles. The van der Waals surface area contributed by atoms with E-state index in [-0.39, 0.29) is 41.3 Å². The van der Waals surface area contributed by atoms with Crippen LogP contribution in [-0.2, 0) is 11.3 Å². The number of piperidine rings is 1. The third-order valence-corrected chi connectivity index (χ3v) is 5.26. The van der Waals surface area contributed by atoms with Crippen molar-refractivity contribution in [3.63, 3.8) is 0 Å². The van der Waals surface area contributed by atoms with E-state index in [1.807, 2.05) is 12.1 Å². The van der Waals surface area contributed by atoms with Gasteiger partial charge >= 0.3 is 0 Å². The number of nitrogens with one attached hydrogen (secondary N) is 2. The molecule has 1 aliphatic rings. The number of aliphatic imine (C=N–C) groups is 1. The number of hydrogen-bond donors (Lipinski definition) is 2. The zero-order valence-electron chi connectivity index (χ0n) is 18.5. The molecule has 166 valence electrons. The lowest BCUT2D eigenvalue weighted by molar-refractivity contribution is 0.0241. The maximum absolute atomic E-state index is 13.1. The molecule has 0 spiro atoms. The van der Waals surface area contributed by atoms with Crippen molar-refractivity contribution in [2.24, 2.45) is 10.4 Å². The molecule has 5 nitrogen and oxygen atoms in total. The summed E-state index contributed by atoms with van der Waals surface area (Å²) in [6, 6.07) is 7.23. The molecule has 2 rings (SSSR count). The van der Waals surface area contributed by atoms with Crippen LogP contribution < -0.4 is 10.6 Å². The van der Waals surface area contributed by atoms with Gasteiger partial charge in [0.1, 0.15) is 5.82 Å². The Morgan fingerprint density at radius 2 is 1.86 bits per heavy atom. The average Bonchev–Trinajstić information content (AvgIpc) is 2.64. The average molecular weight is 520 g/mol. The molecule has 1 atom stereocenters. The van der Waals surface area contributed by atoms with Gasteiger partial charge in [-0.1, -0.05) is 32.9 Å². The predicted octanol–water partition coefficient (Wildman–Crippen LogP) is 4.02. The SMILES string of the molecule is CCNC(=NCC(OC)C(C)(C)C)NC1CCN(Cc2ccc(F)cc2)CC1.I. The molecule has 1 aromatic rings. The van der Waals surface area contributed by atoms with E-state index in [9.17, 15) is 4.39 Å². The first-order valence-corrected chi connectivity index (χ1v) is 10.4. The van der Waals surface area contributed by atoms with E-state index in [0.717, 1.165) is 50.5 Å².